The molecule has 1 rings (SSSR count). The van der Waals surface area contributed by atoms with E-state index in [2.05, 4.69) is 64.2 Å². The van der Waals surface area contributed by atoms with Crippen LogP contribution in [0.2, 0.25) is 0 Å². The molecule has 0 bridgehead atoms. The van der Waals surface area contributed by atoms with Gasteiger partial charge in [-0.05, 0) is 38.2 Å². The van der Waals surface area contributed by atoms with Gasteiger partial charge in [0.15, 0.2) is 0 Å². The highest BCUT2D eigenvalue weighted by atomic mass is 14.9. The Morgan fingerprint density at radius 3 is 2.11 bits per heavy atom. The van der Waals surface area contributed by atoms with Crippen LogP contribution < -0.4 is 5.32 Å². The number of benzene rings is 1. The smallest absolute Gasteiger partial charge is 0.0294 e. The maximum Gasteiger partial charge on any atom is 0.0294 e. The number of rotatable bonds is 7. The maximum atomic E-state index is 3.77. The molecule has 1 aromatic rings. The van der Waals surface area contributed by atoms with Crippen LogP contribution in [0.3, 0.4) is 0 Å². The molecular weight excluding hydrogens is 218 g/mol. The lowest BCUT2D eigenvalue weighted by Gasteiger charge is -2.25. The van der Waals surface area contributed by atoms with Crippen LogP contribution in [-0.4, -0.2) is 6.04 Å². The molecule has 0 amide bonds. The Balaban J connectivity index is 2.56. The zero-order valence-corrected chi connectivity index (χ0v) is 12.7. The Hall–Kier alpha value is -0.820. The summed E-state index contributed by atoms with van der Waals surface area (Å²) in [4.78, 5) is 0. The van der Waals surface area contributed by atoms with E-state index in [1.807, 2.05) is 0 Å². The average molecular weight is 247 g/mol. The zero-order chi connectivity index (χ0) is 13.5. The van der Waals surface area contributed by atoms with E-state index in [1.165, 1.54) is 30.4 Å². The second-order valence-corrected chi connectivity index (χ2v) is 5.65. The Morgan fingerprint density at radius 1 is 1.00 bits per heavy atom. The van der Waals surface area contributed by atoms with Crippen molar-refractivity contribution in [3.8, 4) is 0 Å². The van der Waals surface area contributed by atoms with Crippen molar-refractivity contribution in [2.75, 3.05) is 0 Å². The molecule has 0 aliphatic heterocycles. The molecule has 0 aliphatic rings. The number of hydrogen-bond acceptors (Lipinski definition) is 1. The Morgan fingerprint density at radius 2 is 1.61 bits per heavy atom. The summed E-state index contributed by atoms with van der Waals surface area (Å²) in [5, 5.41) is 3.77. The van der Waals surface area contributed by atoms with Crippen molar-refractivity contribution < 1.29 is 0 Å². The van der Waals surface area contributed by atoms with Gasteiger partial charge in [0.05, 0.1) is 0 Å². The summed E-state index contributed by atoms with van der Waals surface area (Å²) in [6.07, 6.45) is 3.76. The van der Waals surface area contributed by atoms with Crippen molar-refractivity contribution in [1.29, 1.82) is 0 Å². The van der Waals surface area contributed by atoms with Crippen LogP contribution in [0.4, 0.5) is 0 Å². The number of aryl methyl sites for hydroxylation is 1. The first-order valence-corrected chi connectivity index (χ1v) is 7.39. The highest BCUT2D eigenvalue weighted by Crippen LogP contribution is 2.18. The van der Waals surface area contributed by atoms with Crippen LogP contribution in [0.25, 0.3) is 0 Å². The lowest BCUT2D eigenvalue weighted by Crippen LogP contribution is -2.32. The molecule has 1 nitrogen and oxygen atoms in total. The highest BCUT2D eigenvalue weighted by Gasteiger charge is 2.14. The van der Waals surface area contributed by atoms with Gasteiger partial charge in [-0.3, -0.25) is 0 Å². The molecule has 0 heterocycles. The van der Waals surface area contributed by atoms with Crippen molar-refractivity contribution in [3.63, 3.8) is 0 Å². The van der Waals surface area contributed by atoms with Crippen LogP contribution in [0.1, 0.15) is 64.1 Å². The molecule has 0 spiro atoms. The first-order chi connectivity index (χ1) is 8.56. The topological polar surface area (TPSA) is 12.0 Å². The fraction of sp³-hybridized carbons (Fsp3) is 0.647. The molecule has 0 aliphatic carbocycles. The third-order valence-electron chi connectivity index (χ3n) is 3.94. The number of hydrogen-bond donors (Lipinski definition) is 1. The predicted molar refractivity (Wildman–Crippen MR) is 80.9 cm³/mol. The summed E-state index contributed by atoms with van der Waals surface area (Å²) in [6.45, 7) is 11.3. The van der Waals surface area contributed by atoms with E-state index in [0.29, 0.717) is 12.1 Å². The monoisotopic (exact) mass is 247 g/mol. The van der Waals surface area contributed by atoms with E-state index in [1.54, 1.807) is 0 Å². The van der Waals surface area contributed by atoms with Crippen molar-refractivity contribution in [2.45, 2.75) is 66.0 Å². The second-order valence-electron chi connectivity index (χ2n) is 5.65. The van der Waals surface area contributed by atoms with Gasteiger partial charge in [0.1, 0.15) is 0 Å². The molecule has 0 saturated carbocycles. The molecule has 0 fully saturated rings. The summed E-state index contributed by atoms with van der Waals surface area (Å²) >= 11 is 0. The van der Waals surface area contributed by atoms with Crippen LogP contribution in [0.15, 0.2) is 24.3 Å². The van der Waals surface area contributed by atoms with Crippen molar-refractivity contribution in [2.24, 2.45) is 5.92 Å². The minimum absolute atomic E-state index is 0.444. The normalized spacial score (nSPS) is 16.3. The van der Waals surface area contributed by atoms with Crippen LogP contribution >= 0.6 is 0 Å². The second kappa shape index (κ2) is 7.58. The first kappa shape index (κ1) is 15.2. The molecule has 18 heavy (non-hydrogen) atoms. The Kier molecular flexibility index (Phi) is 6.42. The van der Waals surface area contributed by atoms with Gasteiger partial charge in [-0.25, -0.2) is 0 Å². The third kappa shape index (κ3) is 4.81. The molecule has 1 aromatic carbocycles. The Labute approximate surface area is 113 Å². The van der Waals surface area contributed by atoms with Gasteiger partial charge in [-0.15, -0.1) is 0 Å². The van der Waals surface area contributed by atoms with Gasteiger partial charge in [-0.2, -0.15) is 0 Å². The fourth-order valence-electron chi connectivity index (χ4n) is 2.31. The van der Waals surface area contributed by atoms with Crippen molar-refractivity contribution in [1.82, 2.24) is 5.32 Å². The summed E-state index contributed by atoms with van der Waals surface area (Å²) in [5.41, 5.74) is 2.72. The molecule has 0 radical (unpaired) electrons. The van der Waals surface area contributed by atoms with Crippen LogP contribution in [0, 0.1) is 12.8 Å². The van der Waals surface area contributed by atoms with E-state index in [-0.39, 0.29) is 0 Å². The highest BCUT2D eigenvalue weighted by molar-refractivity contribution is 5.23. The van der Waals surface area contributed by atoms with Gasteiger partial charge < -0.3 is 5.32 Å². The molecule has 0 aromatic heterocycles. The van der Waals surface area contributed by atoms with Gasteiger partial charge in [-0.1, -0.05) is 57.0 Å². The molecule has 102 valence electrons. The van der Waals surface area contributed by atoms with E-state index in [4.69, 9.17) is 0 Å². The minimum atomic E-state index is 0.444. The number of nitrogens with one attached hydrogen (secondary N) is 1. The minimum Gasteiger partial charge on any atom is -0.307 e. The standard InChI is InChI=1S/C17H29N/c1-6-13(3)12-17(7-2)18-15(5)16-10-8-14(4)9-11-16/h8-11,13,15,17-18H,6-7,12H2,1-5H3. The van der Waals surface area contributed by atoms with Crippen LogP contribution in [-0.2, 0) is 0 Å². The van der Waals surface area contributed by atoms with E-state index in [9.17, 15) is 0 Å². The summed E-state index contributed by atoms with van der Waals surface area (Å²) in [6, 6.07) is 9.95. The molecule has 1 N–H and O–H groups in total. The summed E-state index contributed by atoms with van der Waals surface area (Å²) in [7, 11) is 0. The molecule has 0 saturated heterocycles. The van der Waals surface area contributed by atoms with E-state index in [0.717, 1.165) is 5.92 Å². The maximum absolute atomic E-state index is 3.77. The van der Waals surface area contributed by atoms with Gasteiger partial charge in [0.2, 0.25) is 0 Å². The molecule has 1 heteroatoms. The fourth-order valence-corrected chi connectivity index (χ4v) is 2.31. The first-order valence-electron chi connectivity index (χ1n) is 7.39. The zero-order valence-electron chi connectivity index (χ0n) is 12.7. The molecule has 3 atom stereocenters. The van der Waals surface area contributed by atoms with E-state index < -0.39 is 0 Å². The van der Waals surface area contributed by atoms with Crippen LogP contribution in [0.5, 0.6) is 0 Å². The lowest BCUT2D eigenvalue weighted by atomic mass is 9.96. The van der Waals surface area contributed by atoms with Gasteiger partial charge in [0, 0.05) is 12.1 Å². The third-order valence-corrected chi connectivity index (χ3v) is 3.94. The van der Waals surface area contributed by atoms with Gasteiger partial charge >= 0.3 is 0 Å². The summed E-state index contributed by atoms with van der Waals surface area (Å²) in [5.74, 6) is 0.813. The van der Waals surface area contributed by atoms with Crippen molar-refractivity contribution >= 4 is 0 Å². The predicted octanol–water partition coefficient (Wildman–Crippen LogP) is 4.86. The molecular formula is C17H29N. The Bertz CT molecular complexity index is 328. The van der Waals surface area contributed by atoms with Crippen molar-refractivity contribution in [3.05, 3.63) is 35.4 Å². The SMILES string of the molecule is CCC(C)CC(CC)NC(C)c1ccc(C)cc1. The van der Waals surface area contributed by atoms with Gasteiger partial charge in [0.25, 0.3) is 0 Å². The molecule has 3 unspecified atom stereocenters. The quantitative estimate of drug-likeness (QED) is 0.725. The average Bonchev–Trinajstić information content (AvgIpc) is 2.38. The largest absolute Gasteiger partial charge is 0.307 e. The summed E-state index contributed by atoms with van der Waals surface area (Å²) < 4.78 is 0. The lowest BCUT2D eigenvalue weighted by molar-refractivity contribution is 0.359. The van der Waals surface area contributed by atoms with E-state index >= 15 is 0 Å².